The molecule has 18 heavy (non-hydrogen) atoms. The van der Waals surface area contributed by atoms with Gasteiger partial charge in [-0.15, -0.1) is 0 Å². The predicted molar refractivity (Wildman–Crippen MR) is 66.0 cm³/mol. The molecule has 0 spiro atoms. The van der Waals surface area contributed by atoms with E-state index in [2.05, 4.69) is 0 Å². The first-order chi connectivity index (χ1) is 8.18. The van der Waals surface area contributed by atoms with Crippen molar-refractivity contribution in [1.29, 1.82) is 0 Å². The predicted octanol–water partition coefficient (Wildman–Crippen LogP) is 0.0603. The van der Waals surface area contributed by atoms with Crippen molar-refractivity contribution in [3.8, 4) is 0 Å². The number of carboxylic acid groups (broad SMARTS) is 1. The minimum atomic E-state index is -1.01. The molecule has 3 atom stereocenters. The largest absolute Gasteiger partial charge is 0.480 e. The molecule has 0 aromatic heterocycles. The summed E-state index contributed by atoms with van der Waals surface area (Å²) in [6.45, 7) is 5.86. The fraction of sp³-hybridized carbons (Fsp3) is 0.833. The molecule has 0 bridgehead atoms. The number of carbonyl (C=O) groups is 2. The van der Waals surface area contributed by atoms with Gasteiger partial charge < -0.3 is 20.5 Å². The number of carbonyl (C=O) groups excluding carboxylic acids is 1. The van der Waals surface area contributed by atoms with Gasteiger partial charge in [0.25, 0.3) is 0 Å². The van der Waals surface area contributed by atoms with Crippen LogP contribution >= 0.6 is 0 Å². The Bertz CT molecular complexity index is 337. The Morgan fingerprint density at radius 1 is 1.44 bits per heavy atom. The van der Waals surface area contributed by atoms with E-state index < -0.39 is 23.5 Å². The number of hydrogen-bond donors (Lipinski definition) is 2. The van der Waals surface area contributed by atoms with Crippen LogP contribution in [0, 0.1) is 5.41 Å². The number of ether oxygens (including phenoxy) is 1. The summed E-state index contributed by atoms with van der Waals surface area (Å²) in [7, 11) is 1.52. The lowest BCUT2D eigenvalue weighted by Crippen LogP contribution is -2.53. The Morgan fingerprint density at radius 2 is 2.00 bits per heavy atom. The van der Waals surface area contributed by atoms with Gasteiger partial charge in [0, 0.05) is 20.1 Å². The monoisotopic (exact) mass is 258 g/mol. The fourth-order valence-electron chi connectivity index (χ4n) is 1.99. The van der Waals surface area contributed by atoms with Crippen molar-refractivity contribution in [2.75, 3.05) is 13.7 Å². The molecular weight excluding hydrogens is 236 g/mol. The average Bonchev–Trinajstić information content (AvgIpc) is 2.69. The fourth-order valence-corrected chi connectivity index (χ4v) is 1.99. The first-order valence-electron chi connectivity index (χ1n) is 6.00. The summed E-state index contributed by atoms with van der Waals surface area (Å²) in [5.41, 5.74) is 5.50. The van der Waals surface area contributed by atoms with Gasteiger partial charge in [-0.05, 0) is 5.41 Å². The number of rotatable bonds is 3. The zero-order valence-corrected chi connectivity index (χ0v) is 11.3. The van der Waals surface area contributed by atoms with E-state index in [0.29, 0.717) is 6.42 Å². The summed E-state index contributed by atoms with van der Waals surface area (Å²) >= 11 is 0. The van der Waals surface area contributed by atoms with Crippen LogP contribution in [0.2, 0.25) is 0 Å². The zero-order chi connectivity index (χ0) is 14.1. The summed E-state index contributed by atoms with van der Waals surface area (Å²) in [5.74, 6) is -1.33. The standard InChI is InChI=1S/C12H22N2O4/c1-12(2,3)9(13)10(15)14-6-7(18-4)5-8(14)11(16)17/h7-9H,5-6,13H2,1-4H3,(H,16,17). The number of nitrogens with zero attached hydrogens (tertiary/aromatic N) is 1. The van der Waals surface area contributed by atoms with Gasteiger partial charge >= 0.3 is 5.97 Å². The summed E-state index contributed by atoms with van der Waals surface area (Å²) in [6.07, 6.45) is 0.0799. The maximum atomic E-state index is 12.3. The van der Waals surface area contributed by atoms with Crippen LogP contribution in [-0.2, 0) is 14.3 Å². The quantitative estimate of drug-likeness (QED) is 0.746. The van der Waals surface area contributed by atoms with Crippen molar-refractivity contribution < 1.29 is 19.4 Å². The van der Waals surface area contributed by atoms with Crippen molar-refractivity contribution in [3.05, 3.63) is 0 Å². The highest BCUT2D eigenvalue weighted by Crippen LogP contribution is 2.25. The minimum absolute atomic E-state index is 0.234. The molecule has 1 fully saturated rings. The molecule has 1 heterocycles. The van der Waals surface area contributed by atoms with Gasteiger partial charge in [0.05, 0.1) is 12.1 Å². The molecule has 104 valence electrons. The van der Waals surface area contributed by atoms with Gasteiger partial charge in [-0.2, -0.15) is 0 Å². The Hall–Kier alpha value is -1.14. The highest BCUT2D eigenvalue weighted by molar-refractivity contribution is 5.88. The highest BCUT2D eigenvalue weighted by atomic mass is 16.5. The summed E-state index contributed by atoms with van der Waals surface area (Å²) < 4.78 is 5.14. The molecule has 1 saturated heterocycles. The van der Waals surface area contributed by atoms with E-state index in [0.717, 1.165) is 0 Å². The molecule has 0 radical (unpaired) electrons. The third kappa shape index (κ3) is 3.00. The number of likely N-dealkylation sites (tertiary alicyclic amines) is 1. The zero-order valence-electron chi connectivity index (χ0n) is 11.3. The molecule has 3 N–H and O–H groups in total. The van der Waals surface area contributed by atoms with Gasteiger partial charge in [-0.25, -0.2) is 4.79 Å². The van der Waals surface area contributed by atoms with E-state index in [-0.39, 0.29) is 18.6 Å². The van der Waals surface area contributed by atoms with Crippen molar-refractivity contribution in [2.24, 2.45) is 11.1 Å². The van der Waals surface area contributed by atoms with Gasteiger partial charge in [0.15, 0.2) is 0 Å². The van der Waals surface area contributed by atoms with E-state index in [1.807, 2.05) is 20.8 Å². The molecule has 0 aliphatic carbocycles. The number of amides is 1. The Morgan fingerprint density at radius 3 is 2.39 bits per heavy atom. The Balaban J connectivity index is 2.86. The number of aliphatic carboxylic acids is 1. The number of carboxylic acids is 1. The molecule has 1 amide bonds. The van der Waals surface area contributed by atoms with E-state index >= 15 is 0 Å². The SMILES string of the molecule is COC1CC(C(=O)O)N(C(=O)C(N)C(C)(C)C)C1. The lowest BCUT2D eigenvalue weighted by molar-refractivity contribution is -0.149. The molecule has 1 aliphatic heterocycles. The second-order valence-corrected chi connectivity index (χ2v) is 5.78. The molecule has 0 aromatic carbocycles. The molecule has 6 heteroatoms. The second kappa shape index (κ2) is 5.24. The van der Waals surface area contributed by atoms with Gasteiger partial charge in [-0.3, -0.25) is 4.79 Å². The molecule has 1 rings (SSSR count). The van der Waals surface area contributed by atoms with Crippen molar-refractivity contribution in [2.45, 2.75) is 45.4 Å². The molecule has 1 aliphatic rings. The highest BCUT2D eigenvalue weighted by Gasteiger charge is 2.43. The first kappa shape index (κ1) is 14.9. The summed E-state index contributed by atoms with van der Waals surface area (Å²) in [5, 5.41) is 9.14. The Kier molecular flexibility index (Phi) is 4.34. The van der Waals surface area contributed by atoms with E-state index in [9.17, 15) is 9.59 Å². The van der Waals surface area contributed by atoms with Crippen LogP contribution in [0.1, 0.15) is 27.2 Å². The summed E-state index contributed by atoms with van der Waals surface area (Å²) in [6, 6.07) is -1.55. The lowest BCUT2D eigenvalue weighted by Gasteiger charge is -2.31. The Labute approximate surface area is 107 Å². The third-order valence-electron chi connectivity index (χ3n) is 3.36. The topological polar surface area (TPSA) is 92.9 Å². The lowest BCUT2D eigenvalue weighted by atomic mass is 9.86. The van der Waals surface area contributed by atoms with Crippen molar-refractivity contribution >= 4 is 11.9 Å². The first-order valence-corrected chi connectivity index (χ1v) is 6.00. The van der Waals surface area contributed by atoms with Crippen LogP contribution in [0.5, 0.6) is 0 Å². The van der Waals surface area contributed by atoms with Crippen LogP contribution in [0.15, 0.2) is 0 Å². The molecule has 0 aromatic rings. The van der Waals surface area contributed by atoms with E-state index in [4.69, 9.17) is 15.6 Å². The average molecular weight is 258 g/mol. The minimum Gasteiger partial charge on any atom is -0.480 e. The molecule has 6 nitrogen and oxygen atoms in total. The normalized spacial score (nSPS) is 26.2. The van der Waals surface area contributed by atoms with E-state index in [1.165, 1.54) is 12.0 Å². The number of methoxy groups -OCH3 is 1. The van der Waals surface area contributed by atoms with Gasteiger partial charge in [-0.1, -0.05) is 20.8 Å². The van der Waals surface area contributed by atoms with Crippen molar-refractivity contribution in [3.63, 3.8) is 0 Å². The van der Waals surface area contributed by atoms with Crippen LogP contribution in [-0.4, -0.2) is 53.7 Å². The second-order valence-electron chi connectivity index (χ2n) is 5.78. The van der Waals surface area contributed by atoms with Gasteiger partial charge in [0.1, 0.15) is 6.04 Å². The smallest absolute Gasteiger partial charge is 0.326 e. The maximum absolute atomic E-state index is 12.3. The number of hydrogen-bond acceptors (Lipinski definition) is 4. The van der Waals surface area contributed by atoms with Crippen LogP contribution < -0.4 is 5.73 Å². The third-order valence-corrected chi connectivity index (χ3v) is 3.36. The van der Waals surface area contributed by atoms with E-state index in [1.54, 1.807) is 0 Å². The van der Waals surface area contributed by atoms with Crippen LogP contribution in [0.3, 0.4) is 0 Å². The van der Waals surface area contributed by atoms with Crippen molar-refractivity contribution in [1.82, 2.24) is 4.90 Å². The maximum Gasteiger partial charge on any atom is 0.326 e. The molecule has 3 unspecified atom stereocenters. The number of nitrogens with two attached hydrogens (primary N) is 1. The van der Waals surface area contributed by atoms with Crippen LogP contribution in [0.4, 0.5) is 0 Å². The molecular formula is C12H22N2O4. The molecule has 0 saturated carbocycles. The summed E-state index contributed by atoms with van der Waals surface area (Å²) in [4.78, 5) is 24.7. The van der Waals surface area contributed by atoms with Crippen LogP contribution in [0.25, 0.3) is 0 Å². The van der Waals surface area contributed by atoms with Gasteiger partial charge in [0.2, 0.25) is 5.91 Å².